The first-order valence-corrected chi connectivity index (χ1v) is 13.5. The number of nitrogens with two attached hydrogens (primary N) is 1. The third-order valence-electron chi connectivity index (χ3n) is 6.19. The summed E-state index contributed by atoms with van der Waals surface area (Å²) in [5.74, 6) is -1.92. The Balaban J connectivity index is 1.33. The lowest BCUT2D eigenvalue weighted by molar-refractivity contribution is -0.138. The smallest absolute Gasteiger partial charge is 0.414 e. The van der Waals surface area contributed by atoms with E-state index in [-0.39, 0.29) is 30.4 Å². The fraction of sp³-hybridized carbons (Fsp3) is 0.222. The highest BCUT2D eigenvalue weighted by Crippen LogP contribution is 2.24. The predicted molar refractivity (Wildman–Crippen MR) is 144 cm³/mol. The summed E-state index contributed by atoms with van der Waals surface area (Å²) in [4.78, 5) is 25.7. The molecule has 204 valence electrons. The Morgan fingerprint density at radius 2 is 1.77 bits per heavy atom. The average Bonchev–Trinajstić information content (AvgIpc) is 3.28. The molecule has 4 rings (SSSR count). The summed E-state index contributed by atoms with van der Waals surface area (Å²) in [6.07, 6.45) is -1.06. The minimum Gasteiger partial charge on any atom is -0.490 e. The van der Waals surface area contributed by atoms with E-state index in [9.17, 15) is 23.1 Å². The molecule has 1 heterocycles. The second kappa shape index (κ2) is 11.5. The van der Waals surface area contributed by atoms with Gasteiger partial charge in [-0.05, 0) is 61.0 Å². The van der Waals surface area contributed by atoms with Gasteiger partial charge >= 0.3 is 12.1 Å². The van der Waals surface area contributed by atoms with Crippen molar-refractivity contribution in [3.8, 4) is 5.75 Å². The zero-order valence-corrected chi connectivity index (χ0v) is 21.9. The number of cyclic esters (lactones) is 1. The number of nitrogen functional groups attached to an aromatic ring is 1. The number of anilines is 1. The Kier molecular flexibility index (Phi) is 8.17. The number of aryl methyl sites for hydroxylation is 1. The van der Waals surface area contributed by atoms with Crippen LogP contribution in [0.4, 0.5) is 10.5 Å². The van der Waals surface area contributed by atoms with Gasteiger partial charge in [0.05, 0.1) is 17.4 Å². The summed E-state index contributed by atoms with van der Waals surface area (Å²) in [5, 5.41) is 17.2. The Morgan fingerprint density at radius 1 is 1.13 bits per heavy atom. The number of aliphatic carboxylic acids is 1. The topological polar surface area (TPSA) is 172 Å². The van der Waals surface area contributed by atoms with E-state index in [4.69, 9.17) is 20.6 Å². The van der Waals surface area contributed by atoms with Crippen molar-refractivity contribution in [1.29, 1.82) is 5.41 Å². The molecule has 2 atom stereocenters. The molecule has 0 bridgehead atoms. The number of carbonyl (C=O) groups is 2. The summed E-state index contributed by atoms with van der Waals surface area (Å²) in [6.45, 7) is 1.85. The van der Waals surface area contributed by atoms with Gasteiger partial charge in [0.25, 0.3) is 0 Å². The maximum atomic E-state index is 12.6. The monoisotopic (exact) mass is 552 g/mol. The van der Waals surface area contributed by atoms with Crippen LogP contribution in [0.25, 0.3) is 0 Å². The number of rotatable bonds is 11. The fourth-order valence-electron chi connectivity index (χ4n) is 3.97. The van der Waals surface area contributed by atoms with E-state index in [1.165, 1.54) is 17.0 Å². The first-order valence-electron chi connectivity index (χ1n) is 12.0. The van der Waals surface area contributed by atoms with Crippen LogP contribution < -0.4 is 20.1 Å². The quantitative estimate of drug-likeness (QED) is 0.208. The van der Waals surface area contributed by atoms with E-state index in [1.807, 2.05) is 6.92 Å². The van der Waals surface area contributed by atoms with Gasteiger partial charge in [0, 0.05) is 17.8 Å². The lowest BCUT2D eigenvalue weighted by Crippen LogP contribution is -2.31. The van der Waals surface area contributed by atoms with Gasteiger partial charge in [0.15, 0.2) is 6.10 Å². The van der Waals surface area contributed by atoms with E-state index in [2.05, 4.69) is 4.72 Å². The molecule has 0 saturated carbocycles. The lowest BCUT2D eigenvalue weighted by atomic mass is 9.99. The summed E-state index contributed by atoms with van der Waals surface area (Å²) in [7, 11) is -3.87. The van der Waals surface area contributed by atoms with Crippen LogP contribution in [-0.4, -0.2) is 57.2 Å². The maximum Gasteiger partial charge on any atom is 0.414 e. The van der Waals surface area contributed by atoms with Crippen molar-refractivity contribution in [1.82, 2.24) is 4.72 Å². The van der Waals surface area contributed by atoms with E-state index < -0.39 is 34.1 Å². The molecule has 0 radical (unpaired) electrons. The highest BCUT2D eigenvalue weighted by atomic mass is 32.2. The summed E-state index contributed by atoms with van der Waals surface area (Å²) >= 11 is 0. The molecule has 1 aliphatic heterocycles. The molecule has 11 nitrogen and oxygen atoms in total. The number of sulfonamides is 1. The Morgan fingerprint density at radius 3 is 2.36 bits per heavy atom. The standard InChI is InChI=1S/C27H28N4O7S/c1-17-2-12-23(13-3-17)39(35,36)30-14-24(26(32)33)18-6-10-21(11-7-18)37-16-22-15-31(27(34)38-22)20-8-4-19(5-9-20)25(28)29/h2-13,22,24,30H,14-16H2,1H3,(H3,28,29)(H,32,33). The van der Waals surface area contributed by atoms with Crippen LogP contribution in [0.5, 0.6) is 5.75 Å². The van der Waals surface area contributed by atoms with Crippen molar-refractivity contribution in [3.63, 3.8) is 0 Å². The summed E-state index contributed by atoms with van der Waals surface area (Å²) < 4.78 is 38.6. The third-order valence-corrected chi connectivity index (χ3v) is 7.63. The molecule has 1 amide bonds. The second-order valence-electron chi connectivity index (χ2n) is 9.01. The highest BCUT2D eigenvalue weighted by Gasteiger charge is 2.33. The molecule has 0 spiro atoms. The molecule has 0 aromatic heterocycles. The Labute approximate surface area is 225 Å². The van der Waals surface area contributed by atoms with Crippen molar-refractivity contribution in [2.24, 2.45) is 5.73 Å². The minimum absolute atomic E-state index is 0.0558. The highest BCUT2D eigenvalue weighted by molar-refractivity contribution is 7.89. The average molecular weight is 553 g/mol. The molecule has 5 N–H and O–H groups in total. The molecule has 0 aliphatic carbocycles. The van der Waals surface area contributed by atoms with Crippen LogP contribution in [0, 0.1) is 12.3 Å². The molecular weight excluding hydrogens is 524 g/mol. The Bertz CT molecular complexity index is 1460. The minimum atomic E-state index is -3.87. The molecule has 1 aliphatic rings. The van der Waals surface area contributed by atoms with Gasteiger partial charge in [-0.2, -0.15) is 0 Å². The lowest BCUT2D eigenvalue weighted by Gasteiger charge is -2.16. The number of carboxylic acid groups (broad SMARTS) is 1. The van der Waals surface area contributed by atoms with E-state index in [0.29, 0.717) is 22.6 Å². The number of ether oxygens (including phenoxy) is 2. The second-order valence-corrected chi connectivity index (χ2v) is 10.8. The van der Waals surface area contributed by atoms with Crippen LogP contribution in [0.3, 0.4) is 0 Å². The summed E-state index contributed by atoms with van der Waals surface area (Å²) in [6, 6.07) is 19.2. The number of carbonyl (C=O) groups excluding carboxylic acids is 1. The van der Waals surface area contributed by atoms with Crippen LogP contribution in [0.1, 0.15) is 22.6 Å². The molecule has 1 saturated heterocycles. The van der Waals surface area contributed by atoms with E-state index >= 15 is 0 Å². The van der Waals surface area contributed by atoms with E-state index in [1.54, 1.807) is 60.7 Å². The number of nitrogens with one attached hydrogen (secondary N) is 2. The maximum absolute atomic E-state index is 12.6. The van der Waals surface area contributed by atoms with Gasteiger partial charge in [-0.3, -0.25) is 15.1 Å². The van der Waals surface area contributed by atoms with E-state index in [0.717, 1.165) is 5.56 Å². The SMILES string of the molecule is Cc1ccc(S(=O)(=O)NCC(C(=O)O)c2ccc(OCC3CN(c4ccc(C(=N)N)cc4)C(=O)O3)cc2)cc1. The predicted octanol–water partition coefficient (Wildman–Crippen LogP) is 2.83. The van der Waals surface area contributed by atoms with Gasteiger partial charge in [-0.1, -0.05) is 29.8 Å². The van der Waals surface area contributed by atoms with Gasteiger partial charge in [0.2, 0.25) is 10.0 Å². The first-order chi connectivity index (χ1) is 18.5. The van der Waals surface area contributed by atoms with Crippen molar-refractivity contribution < 1.29 is 32.6 Å². The zero-order chi connectivity index (χ0) is 28.2. The first kappa shape index (κ1) is 27.6. The van der Waals surface area contributed by atoms with Crippen LogP contribution >= 0.6 is 0 Å². The molecule has 12 heteroatoms. The molecular formula is C27H28N4O7S. The van der Waals surface area contributed by atoms with Crippen molar-refractivity contribution in [2.75, 3.05) is 24.6 Å². The van der Waals surface area contributed by atoms with Gasteiger partial charge in [-0.15, -0.1) is 0 Å². The zero-order valence-electron chi connectivity index (χ0n) is 21.0. The normalized spacial score (nSPS) is 16.0. The van der Waals surface area contributed by atoms with Gasteiger partial charge in [-0.25, -0.2) is 17.9 Å². The largest absolute Gasteiger partial charge is 0.490 e. The van der Waals surface area contributed by atoms with Crippen molar-refractivity contribution >= 4 is 33.6 Å². The molecule has 39 heavy (non-hydrogen) atoms. The van der Waals surface area contributed by atoms with Crippen LogP contribution in [0.15, 0.2) is 77.7 Å². The number of hydrogen-bond acceptors (Lipinski definition) is 7. The molecule has 3 aromatic rings. The molecule has 2 unspecified atom stereocenters. The number of carboxylic acids is 1. The van der Waals surface area contributed by atoms with Crippen LogP contribution in [-0.2, 0) is 19.6 Å². The van der Waals surface area contributed by atoms with Crippen molar-refractivity contribution in [2.45, 2.75) is 23.8 Å². The van der Waals surface area contributed by atoms with Gasteiger partial charge in [0.1, 0.15) is 18.2 Å². The Hall–Kier alpha value is -4.42. The number of benzene rings is 3. The number of amides is 1. The number of nitrogens with zero attached hydrogens (tertiary/aromatic N) is 1. The molecule has 1 fully saturated rings. The van der Waals surface area contributed by atoms with Crippen LogP contribution in [0.2, 0.25) is 0 Å². The number of hydrogen-bond donors (Lipinski definition) is 4. The molecule has 3 aromatic carbocycles. The van der Waals surface area contributed by atoms with Crippen molar-refractivity contribution in [3.05, 3.63) is 89.5 Å². The fourth-order valence-corrected chi connectivity index (χ4v) is 5.01. The number of amidine groups is 1. The van der Waals surface area contributed by atoms with Gasteiger partial charge < -0.3 is 20.3 Å². The third kappa shape index (κ3) is 6.72. The summed E-state index contributed by atoms with van der Waals surface area (Å²) in [5.41, 5.74) is 7.92.